The largest absolute Gasteiger partial charge is 0.497 e. The Morgan fingerprint density at radius 1 is 1.29 bits per heavy atom. The number of amides is 1. The van der Waals surface area contributed by atoms with E-state index < -0.39 is 0 Å². The van der Waals surface area contributed by atoms with Gasteiger partial charge in [-0.15, -0.1) is 21.5 Å². The minimum atomic E-state index is -0.000580. The zero-order valence-corrected chi connectivity index (χ0v) is 17.6. The molecule has 0 spiro atoms. The molecule has 0 aliphatic rings. The van der Waals surface area contributed by atoms with Crippen LogP contribution in [0, 0.1) is 6.92 Å². The van der Waals surface area contributed by atoms with Gasteiger partial charge in [0.25, 0.3) is 0 Å². The van der Waals surface area contributed by atoms with Gasteiger partial charge >= 0.3 is 0 Å². The molecule has 3 rings (SSSR count). The number of benzene rings is 1. The molecule has 1 N–H and O–H groups in total. The number of aromatic nitrogens is 4. The van der Waals surface area contributed by atoms with Crippen LogP contribution in [-0.4, -0.2) is 45.1 Å². The fourth-order valence-corrected chi connectivity index (χ4v) is 4.15. The molecule has 0 unspecified atom stereocenters. The number of ether oxygens (including phenoxy) is 1. The predicted octanol–water partition coefficient (Wildman–Crippen LogP) is 3.27. The van der Waals surface area contributed by atoms with Crippen LogP contribution in [0.5, 0.6) is 5.75 Å². The minimum Gasteiger partial charge on any atom is -0.497 e. The number of nitrogens with one attached hydrogen (secondary N) is 1. The lowest BCUT2D eigenvalue weighted by molar-refractivity contribution is -0.118. The number of rotatable bonds is 10. The molecule has 0 aliphatic heterocycles. The lowest BCUT2D eigenvalue weighted by Crippen LogP contribution is -2.26. The lowest BCUT2D eigenvalue weighted by atomic mass is 10.2. The van der Waals surface area contributed by atoms with Crippen molar-refractivity contribution in [2.45, 2.75) is 31.3 Å². The van der Waals surface area contributed by atoms with Gasteiger partial charge in [0, 0.05) is 23.3 Å². The first kappa shape index (κ1) is 20.3. The minimum absolute atomic E-state index is 0.000580. The SMILES string of the molecule is COc1ccc(-n2cnnc2SCC(=O)NCCCCc2nc(C)cs2)cc1. The molecular formula is C19H23N5O2S2. The molecule has 2 aromatic heterocycles. The van der Waals surface area contributed by atoms with Crippen molar-refractivity contribution in [1.29, 1.82) is 0 Å². The van der Waals surface area contributed by atoms with Gasteiger partial charge < -0.3 is 10.1 Å². The number of thiazole rings is 1. The Labute approximate surface area is 172 Å². The number of carbonyl (C=O) groups excluding carboxylic acids is 1. The molecule has 1 aromatic carbocycles. The molecule has 2 heterocycles. The second kappa shape index (κ2) is 10.2. The monoisotopic (exact) mass is 417 g/mol. The van der Waals surface area contributed by atoms with Crippen molar-refractivity contribution in [1.82, 2.24) is 25.1 Å². The van der Waals surface area contributed by atoms with Gasteiger partial charge in [0.15, 0.2) is 5.16 Å². The fraction of sp³-hybridized carbons (Fsp3) is 0.368. The fourth-order valence-electron chi connectivity index (χ4n) is 2.57. The summed E-state index contributed by atoms with van der Waals surface area (Å²) in [6.07, 6.45) is 4.57. The summed E-state index contributed by atoms with van der Waals surface area (Å²) in [6, 6.07) is 7.61. The Bertz CT molecular complexity index is 892. The van der Waals surface area contributed by atoms with Crippen LogP contribution in [-0.2, 0) is 11.2 Å². The van der Waals surface area contributed by atoms with Crippen LogP contribution in [0.4, 0.5) is 0 Å². The number of hydrogen-bond acceptors (Lipinski definition) is 7. The molecule has 0 aliphatic carbocycles. The van der Waals surface area contributed by atoms with Crippen LogP contribution in [0.2, 0.25) is 0 Å². The van der Waals surface area contributed by atoms with Crippen LogP contribution in [0.3, 0.4) is 0 Å². The summed E-state index contributed by atoms with van der Waals surface area (Å²) in [5.41, 5.74) is 2.00. The van der Waals surface area contributed by atoms with Crippen molar-refractivity contribution in [2.24, 2.45) is 0 Å². The summed E-state index contributed by atoms with van der Waals surface area (Å²) < 4.78 is 7.03. The highest BCUT2D eigenvalue weighted by Gasteiger charge is 2.10. The molecule has 0 bridgehead atoms. The first-order valence-corrected chi connectivity index (χ1v) is 10.9. The number of thioether (sulfide) groups is 1. The van der Waals surface area contributed by atoms with Crippen molar-refractivity contribution < 1.29 is 9.53 Å². The molecule has 0 radical (unpaired) electrons. The molecule has 0 fully saturated rings. The van der Waals surface area contributed by atoms with E-state index in [9.17, 15) is 4.79 Å². The Balaban J connectivity index is 1.39. The van der Waals surface area contributed by atoms with Gasteiger partial charge in [0.05, 0.1) is 17.9 Å². The quantitative estimate of drug-likeness (QED) is 0.403. The standard InChI is InChI=1S/C19H23N5O2S2/c1-14-11-27-18(22-14)5-3-4-10-20-17(25)12-28-19-23-21-13-24(19)15-6-8-16(26-2)9-7-15/h6-9,11,13H,3-5,10,12H2,1-2H3,(H,20,25). The molecule has 0 saturated carbocycles. The third kappa shape index (κ3) is 5.80. The van der Waals surface area contributed by atoms with E-state index in [1.807, 2.05) is 35.8 Å². The van der Waals surface area contributed by atoms with Crippen molar-refractivity contribution >= 4 is 29.0 Å². The summed E-state index contributed by atoms with van der Waals surface area (Å²) in [5.74, 6) is 1.09. The van der Waals surface area contributed by atoms with Crippen LogP contribution >= 0.6 is 23.1 Å². The van der Waals surface area contributed by atoms with Gasteiger partial charge in [-0.2, -0.15) is 0 Å². The molecule has 3 aromatic rings. The average Bonchev–Trinajstić information content (AvgIpc) is 3.35. The average molecular weight is 418 g/mol. The first-order valence-electron chi connectivity index (χ1n) is 9.00. The van der Waals surface area contributed by atoms with Crippen LogP contribution in [0.15, 0.2) is 41.1 Å². The maximum Gasteiger partial charge on any atom is 0.230 e. The molecule has 0 atom stereocenters. The zero-order chi connectivity index (χ0) is 19.8. The summed E-state index contributed by atoms with van der Waals surface area (Å²) >= 11 is 3.07. The van der Waals surface area contributed by atoms with Gasteiger partial charge in [-0.05, 0) is 50.5 Å². The first-order chi connectivity index (χ1) is 13.7. The van der Waals surface area contributed by atoms with E-state index in [1.165, 1.54) is 11.8 Å². The molecule has 1 amide bonds. The van der Waals surface area contributed by atoms with Crippen LogP contribution < -0.4 is 10.1 Å². The topological polar surface area (TPSA) is 81.9 Å². The zero-order valence-electron chi connectivity index (χ0n) is 15.9. The molecule has 148 valence electrons. The van der Waals surface area contributed by atoms with Crippen molar-refractivity contribution in [3.63, 3.8) is 0 Å². The van der Waals surface area contributed by atoms with E-state index in [2.05, 4.69) is 25.9 Å². The smallest absolute Gasteiger partial charge is 0.230 e. The van der Waals surface area contributed by atoms with Crippen molar-refractivity contribution in [3.05, 3.63) is 46.7 Å². The summed E-state index contributed by atoms with van der Waals surface area (Å²) in [7, 11) is 1.63. The van der Waals surface area contributed by atoms with E-state index in [-0.39, 0.29) is 5.91 Å². The highest BCUT2D eigenvalue weighted by Crippen LogP contribution is 2.21. The normalized spacial score (nSPS) is 10.8. The summed E-state index contributed by atoms with van der Waals surface area (Å²) in [4.78, 5) is 16.5. The highest BCUT2D eigenvalue weighted by molar-refractivity contribution is 7.99. The number of unbranched alkanes of at least 4 members (excludes halogenated alkanes) is 1. The van der Waals surface area contributed by atoms with Gasteiger partial charge in [0.1, 0.15) is 12.1 Å². The summed E-state index contributed by atoms with van der Waals surface area (Å²) in [6.45, 7) is 2.68. The van der Waals surface area contributed by atoms with Gasteiger partial charge in [-0.3, -0.25) is 9.36 Å². The van der Waals surface area contributed by atoms with Crippen LogP contribution in [0.25, 0.3) is 5.69 Å². The predicted molar refractivity (Wildman–Crippen MR) is 111 cm³/mol. The second-order valence-electron chi connectivity index (χ2n) is 6.16. The Morgan fingerprint density at radius 3 is 2.82 bits per heavy atom. The van der Waals surface area contributed by atoms with Crippen molar-refractivity contribution in [2.75, 3.05) is 19.4 Å². The maximum atomic E-state index is 12.1. The third-order valence-corrected chi connectivity index (χ3v) is 5.98. The number of aryl methyl sites for hydroxylation is 2. The molecule has 9 heteroatoms. The van der Waals surface area contributed by atoms with E-state index in [0.29, 0.717) is 17.5 Å². The highest BCUT2D eigenvalue weighted by atomic mass is 32.2. The van der Waals surface area contributed by atoms with E-state index in [1.54, 1.807) is 24.8 Å². The van der Waals surface area contributed by atoms with Crippen LogP contribution in [0.1, 0.15) is 23.5 Å². The summed E-state index contributed by atoms with van der Waals surface area (Å²) in [5, 5.41) is 14.9. The van der Waals surface area contributed by atoms with Crippen molar-refractivity contribution in [3.8, 4) is 11.4 Å². The Hall–Kier alpha value is -2.39. The second-order valence-corrected chi connectivity index (χ2v) is 8.05. The molecule has 0 saturated heterocycles. The van der Waals surface area contributed by atoms with Gasteiger partial charge in [0.2, 0.25) is 5.91 Å². The Kier molecular flexibility index (Phi) is 7.44. The van der Waals surface area contributed by atoms with E-state index in [4.69, 9.17) is 4.74 Å². The molecule has 28 heavy (non-hydrogen) atoms. The molecule has 7 nitrogen and oxygen atoms in total. The van der Waals surface area contributed by atoms with E-state index in [0.717, 1.165) is 41.4 Å². The number of nitrogens with zero attached hydrogens (tertiary/aromatic N) is 4. The van der Waals surface area contributed by atoms with E-state index >= 15 is 0 Å². The maximum absolute atomic E-state index is 12.1. The van der Waals surface area contributed by atoms with Gasteiger partial charge in [-0.1, -0.05) is 11.8 Å². The number of carbonyl (C=O) groups is 1. The van der Waals surface area contributed by atoms with Gasteiger partial charge in [-0.25, -0.2) is 4.98 Å². The number of hydrogen-bond donors (Lipinski definition) is 1. The lowest BCUT2D eigenvalue weighted by Gasteiger charge is -2.08. The molecular weight excluding hydrogens is 394 g/mol. The number of methoxy groups -OCH3 is 1. The Morgan fingerprint density at radius 2 is 2.11 bits per heavy atom. The third-order valence-electron chi connectivity index (χ3n) is 4.01.